The summed E-state index contributed by atoms with van der Waals surface area (Å²) in [6.45, 7) is 1.95. The lowest BCUT2D eigenvalue weighted by Crippen LogP contribution is -2.31. The number of aryl methyl sites for hydroxylation is 1. The van der Waals surface area contributed by atoms with Crippen LogP contribution in [0.3, 0.4) is 0 Å². The van der Waals surface area contributed by atoms with Crippen molar-refractivity contribution in [2.75, 3.05) is 10.2 Å². The zero-order valence-corrected chi connectivity index (χ0v) is 20.4. The Hall–Kier alpha value is -3.24. The average molecular weight is 508 g/mol. The number of nitrogens with zero attached hydrogens (tertiary/aromatic N) is 2. The molecule has 1 aliphatic rings. The summed E-state index contributed by atoms with van der Waals surface area (Å²) in [7, 11) is 0. The van der Waals surface area contributed by atoms with Crippen molar-refractivity contribution >= 4 is 58.2 Å². The Labute approximate surface area is 212 Å². The summed E-state index contributed by atoms with van der Waals surface area (Å²) in [6.07, 6.45) is 0.368. The predicted molar refractivity (Wildman–Crippen MR) is 138 cm³/mol. The minimum atomic E-state index is -0.601. The van der Waals surface area contributed by atoms with Crippen LogP contribution in [0.25, 0.3) is 0 Å². The van der Waals surface area contributed by atoms with Crippen LogP contribution in [0, 0.1) is 18.3 Å². The number of anilines is 2. The number of halogens is 2. The number of amides is 2. The fourth-order valence-electron chi connectivity index (χ4n) is 3.51. The van der Waals surface area contributed by atoms with Crippen LogP contribution in [0.4, 0.5) is 11.4 Å². The lowest BCUT2D eigenvalue weighted by molar-refractivity contribution is -0.117. The lowest BCUT2D eigenvalue weighted by atomic mass is 10.1. The van der Waals surface area contributed by atoms with E-state index >= 15 is 0 Å². The van der Waals surface area contributed by atoms with Crippen molar-refractivity contribution < 1.29 is 9.59 Å². The van der Waals surface area contributed by atoms with Gasteiger partial charge in [-0.1, -0.05) is 70.9 Å². The van der Waals surface area contributed by atoms with Crippen molar-refractivity contribution in [1.29, 1.82) is 5.26 Å². The van der Waals surface area contributed by atoms with Crippen LogP contribution in [-0.4, -0.2) is 17.1 Å². The molecule has 8 heteroatoms. The van der Waals surface area contributed by atoms with Crippen LogP contribution in [0.5, 0.6) is 0 Å². The first-order valence-electron chi connectivity index (χ1n) is 10.4. The number of thioether (sulfide) groups is 1. The maximum Gasteiger partial charge on any atom is 0.269 e. The molecule has 3 aromatic carbocycles. The van der Waals surface area contributed by atoms with E-state index in [1.54, 1.807) is 42.5 Å². The van der Waals surface area contributed by atoms with Crippen LogP contribution in [0.1, 0.15) is 11.1 Å². The van der Waals surface area contributed by atoms with Gasteiger partial charge in [0.25, 0.3) is 5.91 Å². The van der Waals surface area contributed by atoms with Gasteiger partial charge in [-0.2, -0.15) is 5.26 Å². The van der Waals surface area contributed by atoms with Gasteiger partial charge in [0.2, 0.25) is 5.91 Å². The Morgan fingerprint density at radius 1 is 1.06 bits per heavy atom. The summed E-state index contributed by atoms with van der Waals surface area (Å²) in [5.74, 6) is -0.813. The second kappa shape index (κ2) is 10.4. The van der Waals surface area contributed by atoms with Gasteiger partial charge >= 0.3 is 0 Å². The molecule has 5 nitrogen and oxygen atoms in total. The van der Waals surface area contributed by atoms with E-state index < -0.39 is 11.2 Å². The quantitative estimate of drug-likeness (QED) is 0.321. The molecule has 1 atom stereocenters. The smallest absolute Gasteiger partial charge is 0.269 e. The van der Waals surface area contributed by atoms with E-state index in [1.807, 2.05) is 43.3 Å². The standard InChI is InChI=1S/C26H19Cl2N3O2S/c1-16-6-12-20(13-7-16)31-25(33)23(14-17-4-2-3-5-22(17)28)34-26(31)21(15-29)24(32)30-19-10-8-18(27)9-11-19/h2-13,23H,14H2,1H3,(H,30,32)/b26-21+/t23-/m1/s1. The van der Waals surface area contributed by atoms with E-state index in [1.165, 1.54) is 16.7 Å². The topological polar surface area (TPSA) is 73.2 Å². The molecule has 1 N–H and O–H groups in total. The van der Waals surface area contributed by atoms with Gasteiger partial charge < -0.3 is 5.32 Å². The van der Waals surface area contributed by atoms with Crippen molar-refractivity contribution in [2.24, 2.45) is 0 Å². The Kier molecular flexibility index (Phi) is 7.28. The third-order valence-electron chi connectivity index (χ3n) is 5.26. The molecule has 170 valence electrons. The van der Waals surface area contributed by atoms with Crippen molar-refractivity contribution in [2.45, 2.75) is 18.6 Å². The Balaban J connectivity index is 1.73. The first-order valence-corrected chi connectivity index (χ1v) is 12.0. The van der Waals surface area contributed by atoms with Gasteiger partial charge in [0.05, 0.1) is 5.25 Å². The maximum atomic E-state index is 13.5. The summed E-state index contributed by atoms with van der Waals surface area (Å²) < 4.78 is 0. The van der Waals surface area contributed by atoms with E-state index in [-0.39, 0.29) is 11.5 Å². The largest absolute Gasteiger partial charge is 0.321 e. The van der Waals surface area contributed by atoms with Crippen LogP contribution in [0.15, 0.2) is 83.4 Å². The van der Waals surface area contributed by atoms with E-state index in [0.29, 0.717) is 32.9 Å². The molecule has 4 rings (SSSR count). The summed E-state index contributed by atoms with van der Waals surface area (Å²) in [5, 5.41) is 13.5. The van der Waals surface area contributed by atoms with Crippen molar-refractivity contribution in [3.8, 4) is 6.07 Å². The molecule has 0 bridgehead atoms. The Morgan fingerprint density at radius 2 is 1.74 bits per heavy atom. The number of benzene rings is 3. The number of carbonyl (C=O) groups is 2. The van der Waals surface area contributed by atoms with Crippen molar-refractivity contribution in [3.05, 3.63) is 105 Å². The molecule has 0 aliphatic carbocycles. The van der Waals surface area contributed by atoms with Gasteiger partial charge in [-0.05, 0) is 61.4 Å². The average Bonchev–Trinajstić information content (AvgIpc) is 3.13. The van der Waals surface area contributed by atoms with E-state index in [0.717, 1.165) is 11.1 Å². The SMILES string of the molecule is Cc1ccc(N2C(=O)[C@@H](Cc3ccccc3Cl)S/C2=C(\C#N)C(=O)Nc2ccc(Cl)cc2)cc1. The first-order chi connectivity index (χ1) is 16.4. The zero-order valence-electron chi connectivity index (χ0n) is 18.1. The van der Waals surface area contributed by atoms with Crippen LogP contribution in [-0.2, 0) is 16.0 Å². The third-order valence-corrected chi connectivity index (χ3v) is 7.15. The number of carbonyl (C=O) groups excluding carboxylic acids is 2. The molecule has 34 heavy (non-hydrogen) atoms. The van der Waals surface area contributed by atoms with E-state index in [9.17, 15) is 14.9 Å². The monoisotopic (exact) mass is 507 g/mol. The highest BCUT2D eigenvalue weighted by atomic mass is 35.5. The van der Waals surface area contributed by atoms with Gasteiger partial charge in [0, 0.05) is 21.4 Å². The molecule has 1 saturated heterocycles. The highest BCUT2D eigenvalue weighted by molar-refractivity contribution is 8.05. The van der Waals surface area contributed by atoms with Gasteiger partial charge in [-0.3, -0.25) is 14.5 Å². The van der Waals surface area contributed by atoms with Gasteiger partial charge in [0.15, 0.2) is 0 Å². The molecule has 0 aromatic heterocycles. The number of rotatable bonds is 5. The Bertz CT molecular complexity index is 1320. The number of hydrogen-bond acceptors (Lipinski definition) is 4. The molecular weight excluding hydrogens is 489 g/mol. The van der Waals surface area contributed by atoms with Crippen LogP contribution in [0.2, 0.25) is 10.0 Å². The molecule has 0 saturated carbocycles. The molecule has 1 heterocycles. The van der Waals surface area contributed by atoms with Gasteiger partial charge in [-0.25, -0.2) is 0 Å². The fourth-order valence-corrected chi connectivity index (χ4v) is 5.14. The molecule has 0 radical (unpaired) electrons. The highest BCUT2D eigenvalue weighted by Gasteiger charge is 2.41. The van der Waals surface area contributed by atoms with E-state index in [2.05, 4.69) is 5.32 Å². The molecule has 1 aliphatic heterocycles. The second-order valence-corrected chi connectivity index (χ2v) is 9.70. The molecule has 1 fully saturated rings. The normalized spacial score (nSPS) is 16.8. The zero-order chi connectivity index (χ0) is 24.2. The highest BCUT2D eigenvalue weighted by Crippen LogP contribution is 2.42. The molecule has 2 amide bonds. The number of hydrogen-bond donors (Lipinski definition) is 1. The summed E-state index contributed by atoms with van der Waals surface area (Å²) >= 11 is 13.4. The van der Waals surface area contributed by atoms with Gasteiger partial charge in [-0.15, -0.1) is 0 Å². The predicted octanol–water partition coefficient (Wildman–Crippen LogP) is 6.37. The van der Waals surface area contributed by atoms with Crippen molar-refractivity contribution in [3.63, 3.8) is 0 Å². The van der Waals surface area contributed by atoms with Gasteiger partial charge in [0.1, 0.15) is 16.7 Å². The molecule has 0 spiro atoms. The lowest BCUT2D eigenvalue weighted by Gasteiger charge is -2.19. The summed E-state index contributed by atoms with van der Waals surface area (Å²) in [5.41, 5.74) is 2.79. The Morgan fingerprint density at radius 3 is 2.38 bits per heavy atom. The number of nitrogens with one attached hydrogen (secondary N) is 1. The van der Waals surface area contributed by atoms with E-state index in [4.69, 9.17) is 23.2 Å². The minimum Gasteiger partial charge on any atom is -0.321 e. The molecule has 3 aromatic rings. The van der Waals surface area contributed by atoms with Crippen molar-refractivity contribution in [1.82, 2.24) is 0 Å². The molecular formula is C26H19Cl2N3O2S. The third kappa shape index (κ3) is 5.13. The summed E-state index contributed by atoms with van der Waals surface area (Å²) in [6, 6.07) is 23.3. The van der Waals surface area contributed by atoms with Crippen LogP contribution >= 0.6 is 35.0 Å². The second-order valence-electron chi connectivity index (χ2n) is 7.66. The minimum absolute atomic E-state index is 0.143. The number of nitriles is 1. The summed E-state index contributed by atoms with van der Waals surface area (Å²) in [4.78, 5) is 28.1. The molecule has 0 unspecified atom stereocenters. The van der Waals surface area contributed by atoms with Crippen LogP contribution < -0.4 is 10.2 Å². The maximum absolute atomic E-state index is 13.5. The first kappa shape index (κ1) is 23.9. The fraction of sp³-hybridized carbons (Fsp3) is 0.115.